The number of hydrogen-bond acceptors (Lipinski definition) is 4. The van der Waals surface area contributed by atoms with Gasteiger partial charge >= 0.3 is 11.7 Å². The van der Waals surface area contributed by atoms with Crippen LogP contribution in [0, 0.1) is 0 Å². The van der Waals surface area contributed by atoms with Crippen LogP contribution in [0.4, 0.5) is 0 Å². The minimum atomic E-state index is -0.878. The fourth-order valence-corrected chi connectivity index (χ4v) is 2.45. The van der Waals surface area contributed by atoms with Crippen LogP contribution in [0.5, 0.6) is 0 Å². The number of carbonyl (C=O) groups excluding carboxylic acids is 1. The van der Waals surface area contributed by atoms with Crippen LogP contribution in [0.25, 0.3) is 11.0 Å². The number of carbonyl (C=O) groups is 2. The van der Waals surface area contributed by atoms with Gasteiger partial charge in [0.05, 0.1) is 16.8 Å². The summed E-state index contributed by atoms with van der Waals surface area (Å²) < 4.78 is 1.37. The van der Waals surface area contributed by atoms with E-state index in [0.717, 1.165) is 0 Å². The number of rotatable bonds is 7. The predicted molar refractivity (Wildman–Crippen MR) is 80.5 cm³/mol. The molecule has 21 heavy (non-hydrogen) atoms. The van der Waals surface area contributed by atoms with E-state index in [2.05, 4.69) is 10.3 Å². The van der Waals surface area contributed by atoms with Crippen molar-refractivity contribution in [2.45, 2.75) is 6.54 Å². The maximum atomic E-state index is 11.8. The van der Waals surface area contributed by atoms with E-state index in [-0.39, 0.29) is 23.9 Å². The Kier molecular flexibility index (Phi) is 5.04. The van der Waals surface area contributed by atoms with E-state index in [1.165, 1.54) is 16.3 Å². The summed E-state index contributed by atoms with van der Waals surface area (Å²) >= 11 is 1.23. The number of aromatic amines is 1. The fraction of sp³-hybridized carbons (Fsp3) is 0.308. The number of thioether (sulfide) groups is 1. The van der Waals surface area contributed by atoms with Gasteiger partial charge in [0.1, 0.15) is 6.54 Å². The molecule has 0 aliphatic heterocycles. The number of benzene rings is 1. The van der Waals surface area contributed by atoms with Crippen molar-refractivity contribution in [2.75, 3.05) is 18.1 Å². The van der Waals surface area contributed by atoms with Gasteiger partial charge in [0.15, 0.2) is 0 Å². The third-order valence-corrected chi connectivity index (χ3v) is 3.72. The molecule has 7 nitrogen and oxygen atoms in total. The highest BCUT2D eigenvalue weighted by Gasteiger charge is 2.09. The molecule has 0 saturated carbocycles. The summed E-state index contributed by atoms with van der Waals surface area (Å²) in [5.41, 5.74) is 1.04. The lowest BCUT2D eigenvalue weighted by Gasteiger charge is -2.05. The number of H-pyrrole nitrogens is 1. The zero-order valence-electron chi connectivity index (χ0n) is 11.2. The van der Waals surface area contributed by atoms with Crippen LogP contribution in [0.2, 0.25) is 0 Å². The first kappa shape index (κ1) is 15.2. The summed E-state index contributed by atoms with van der Waals surface area (Å²) in [6.45, 7) is 0.306. The summed E-state index contributed by atoms with van der Waals surface area (Å²) in [7, 11) is 0. The van der Waals surface area contributed by atoms with Gasteiger partial charge in [0.25, 0.3) is 0 Å². The lowest BCUT2D eigenvalue weighted by atomic mass is 10.3. The van der Waals surface area contributed by atoms with Gasteiger partial charge in [-0.05, 0) is 12.1 Å². The average molecular weight is 309 g/mol. The van der Waals surface area contributed by atoms with Gasteiger partial charge in [-0.3, -0.25) is 14.2 Å². The predicted octanol–water partition coefficient (Wildman–Crippen LogP) is 0.264. The minimum absolute atomic E-state index is 0.0117. The molecule has 0 aliphatic rings. The van der Waals surface area contributed by atoms with Crippen LogP contribution in [-0.2, 0) is 16.1 Å². The fourth-order valence-electron chi connectivity index (χ4n) is 1.89. The summed E-state index contributed by atoms with van der Waals surface area (Å²) in [5, 5.41) is 11.1. The largest absolute Gasteiger partial charge is 0.481 e. The number of fused-ring (bicyclic) bond motifs is 1. The van der Waals surface area contributed by atoms with Gasteiger partial charge in [-0.25, -0.2) is 4.79 Å². The second-order valence-electron chi connectivity index (χ2n) is 4.33. The van der Waals surface area contributed by atoms with E-state index in [4.69, 9.17) is 5.11 Å². The van der Waals surface area contributed by atoms with Crippen molar-refractivity contribution in [2.24, 2.45) is 0 Å². The van der Waals surface area contributed by atoms with Gasteiger partial charge in [-0.1, -0.05) is 12.1 Å². The summed E-state index contributed by atoms with van der Waals surface area (Å²) in [5.74, 6) is -0.632. The number of amides is 1. The van der Waals surface area contributed by atoms with Gasteiger partial charge < -0.3 is 15.4 Å². The van der Waals surface area contributed by atoms with Crippen LogP contribution < -0.4 is 11.0 Å². The lowest BCUT2D eigenvalue weighted by molar-refractivity contribution is -0.133. The summed E-state index contributed by atoms with van der Waals surface area (Å²) in [4.78, 5) is 36.6. The van der Waals surface area contributed by atoms with Crippen molar-refractivity contribution < 1.29 is 14.7 Å². The Hall–Kier alpha value is -2.22. The Morgan fingerprint density at radius 3 is 2.86 bits per heavy atom. The quantitative estimate of drug-likeness (QED) is 0.637. The molecule has 8 heteroatoms. The average Bonchev–Trinajstić information content (AvgIpc) is 2.74. The van der Waals surface area contributed by atoms with Crippen molar-refractivity contribution in [1.29, 1.82) is 0 Å². The first-order valence-corrected chi connectivity index (χ1v) is 7.47. The molecule has 1 amide bonds. The number of nitrogens with zero attached hydrogens (tertiary/aromatic N) is 1. The normalized spacial score (nSPS) is 10.7. The van der Waals surface area contributed by atoms with Crippen LogP contribution >= 0.6 is 11.8 Å². The standard InChI is InChI=1S/C13H15N3O4S/c17-11(14-5-6-21-8-12(18)19)7-16-10-4-2-1-3-9(10)15-13(16)20/h1-4H,5-8H2,(H,14,17)(H,15,20)(H,18,19). The molecule has 0 spiro atoms. The number of carboxylic acids is 1. The molecule has 1 aromatic heterocycles. The number of nitrogens with one attached hydrogen (secondary N) is 2. The Morgan fingerprint density at radius 2 is 2.10 bits per heavy atom. The third kappa shape index (κ3) is 4.12. The van der Waals surface area contributed by atoms with E-state index in [1.807, 2.05) is 6.07 Å². The van der Waals surface area contributed by atoms with Crippen molar-refractivity contribution in [3.05, 3.63) is 34.7 Å². The molecule has 0 fully saturated rings. The van der Waals surface area contributed by atoms with Crippen LogP contribution in [0.3, 0.4) is 0 Å². The number of hydrogen-bond donors (Lipinski definition) is 3. The SMILES string of the molecule is O=C(O)CSCCNC(=O)Cn1c(=O)[nH]c2ccccc21. The van der Waals surface area contributed by atoms with Crippen LogP contribution in [0.15, 0.2) is 29.1 Å². The van der Waals surface area contributed by atoms with Gasteiger partial charge in [0.2, 0.25) is 5.91 Å². The van der Waals surface area contributed by atoms with Gasteiger partial charge in [-0.15, -0.1) is 11.8 Å². The van der Waals surface area contributed by atoms with Crippen molar-refractivity contribution >= 4 is 34.7 Å². The van der Waals surface area contributed by atoms with Crippen molar-refractivity contribution in [1.82, 2.24) is 14.9 Å². The zero-order valence-corrected chi connectivity index (χ0v) is 12.0. The molecule has 3 N–H and O–H groups in total. The van der Waals surface area contributed by atoms with Gasteiger partial charge in [0, 0.05) is 12.3 Å². The molecular weight excluding hydrogens is 294 g/mol. The maximum absolute atomic E-state index is 11.8. The molecule has 2 aromatic rings. The number of aromatic nitrogens is 2. The Balaban J connectivity index is 1.88. The maximum Gasteiger partial charge on any atom is 0.326 e. The molecule has 0 unspecified atom stereocenters. The first-order valence-electron chi connectivity index (χ1n) is 6.31. The number of carboxylic acid groups (broad SMARTS) is 1. The number of para-hydroxylation sites is 2. The highest BCUT2D eigenvalue weighted by Crippen LogP contribution is 2.08. The summed E-state index contributed by atoms with van der Waals surface area (Å²) in [6.07, 6.45) is 0. The van der Waals surface area contributed by atoms with E-state index < -0.39 is 5.97 Å². The molecule has 0 bridgehead atoms. The zero-order chi connectivity index (χ0) is 15.2. The van der Waals surface area contributed by atoms with Gasteiger partial charge in [-0.2, -0.15) is 0 Å². The molecule has 0 radical (unpaired) electrons. The molecule has 0 saturated heterocycles. The molecule has 2 rings (SSSR count). The number of aliphatic carboxylic acids is 1. The molecule has 112 valence electrons. The van der Waals surface area contributed by atoms with E-state index in [1.54, 1.807) is 18.2 Å². The molecule has 1 aromatic carbocycles. The molecule has 0 aliphatic carbocycles. The first-order chi connectivity index (χ1) is 10.1. The van der Waals surface area contributed by atoms with Crippen molar-refractivity contribution in [3.8, 4) is 0 Å². The van der Waals surface area contributed by atoms with Crippen LogP contribution in [0.1, 0.15) is 0 Å². The van der Waals surface area contributed by atoms with E-state index >= 15 is 0 Å². The Bertz CT molecular complexity index is 707. The Labute approximate surface area is 124 Å². The lowest BCUT2D eigenvalue weighted by Crippen LogP contribution is -2.32. The van der Waals surface area contributed by atoms with E-state index in [0.29, 0.717) is 23.3 Å². The van der Waals surface area contributed by atoms with Crippen molar-refractivity contribution in [3.63, 3.8) is 0 Å². The third-order valence-electron chi connectivity index (χ3n) is 2.78. The molecule has 1 heterocycles. The topological polar surface area (TPSA) is 104 Å². The molecular formula is C13H15N3O4S. The van der Waals surface area contributed by atoms with Crippen LogP contribution in [-0.4, -0.2) is 44.6 Å². The monoisotopic (exact) mass is 309 g/mol. The second kappa shape index (κ2) is 6.98. The summed E-state index contributed by atoms with van der Waals surface area (Å²) in [6, 6.07) is 7.14. The van der Waals surface area contributed by atoms with E-state index in [9.17, 15) is 14.4 Å². The minimum Gasteiger partial charge on any atom is -0.481 e. The second-order valence-corrected chi connectivity index (χ2v) is 5.43. The Morgan fingerprint density at radius 1 is 1.33 bits per heavy atom. The number of imidazole rings is 1. The molecule has 0 atom stereocenters. The highest BCUT2D eigenvalue weighted by atomic mass is 32.2. The highest BCUT2D eigenvalue weighted by molar-refractivity contribution is 7.99. The smallest absolute Gasteiger partial charge is 0.326 e.